The van der Waals surface area contributed by atoms with E-state index in [2.05, 4.69) is 5.16 Å². The van der Waals surface area contributed by atoms with Crippen LogP contribution >= 0.6 is 35.5 Å². The molecule has 1 aliphatic rings. The van der Waals surface area contributed by atoms with E-state index in [1.165, 1.54) is 4.31 Å². The molecule has 0 aromatic carbocycles. The third-order valence-electron chi connectivity index (χ3n) is 2.69. The lowest BCUT2D eigenvalue weighted by molar-refractivity contribution is -0.123. The molecule has 0 aliphatic carbocycles. The van der Waals surface area contributed by atoms with Gasteiger partial charge >= 0.3 is 6.09 Å². The third-order valence-corrected chi connectivity index (χ3v) is 6.14. The lowest BCUT2D eigenvalue weighted by atomic mass is 9.98. The molecular formula is C13H22N2O3S3. The second-order valence-electron chi connectivity index (χ2n) is 5.36. The lowest BCUT2D eigenvalue weighted by Gasteiger charge is -2.28. The van der Waals surface area contributed by atoms with Gasteiger partial charge < -0.3 is 0 Å². The number of hydrogen-bond donors (Lipinski definition) is 0. The second-order valence-corrected chi connectivity index (χ2v) is 9.39. The Kier molecular flexibility index (Phi) is 7.42. The Morgan fingerprint density at radius 3 is 2.57 bits per heavy atom. The van der Waals surface area contributed by atoms with Crippen molar-refractivity contribution in [3.8, 4) is 0 Å². The van der Waals surface area contributed by atoms with E-state index in [0.717, 1.165) is 34.3 Å². The summed E-state index contributed by atoms with van der Waals surface area (Å²) in [4.78, 5) is 28.9. The number of amides is 1. The molecule has 0 atom stereocenters. The average Bonchev–Trinajstić information content (AvgIpc) is 2.44. The summed E-state index contributed by atoms with van der Waals surface area (Å²) in [6, 6.07) is 0. The largest absolute Gasteiger partial charge is 0.445 e. The maximum Gasteiger partial charge on any atom is 0.445 e. The summed E-state index contributed by atoms with van der Waals surface area (Å²) in [5, 5.41) is 4.71. The molecule has 1 heterocycles. The molecule has 1 aliphatic heterocycles. The predicted molar refractivity (Wildman–Crippen MR) is 93.0 cm³/mol. The van der Waals surface area contributed by atoms with Crippen molar-refractivity contribution in [2.24, 2.45) is 11.1 Å². The summed E-state index contributed by atoms with van der Waals surface area (Å²) < 4.78 is 0.648. The molecule has 0 radical (unpaired) electrons. The van der Waals surface area contributed by atoms with E-state index in [4.69, 9.17) is 4.84 Å². The van der Waals surface area contributed by atoms with Crippen LogP contribution in [0.1, 0.15) is 27.7 Å². The minimum absolute atomic E-state index is 0.0761. The lowest BCUT2D eigenvalue weighted by Crippen LogP contribution is -2.36. The van der Waals surface area contributed by atoms with Crippen molar-refractivity contribution in [2.45, 2.75) is 32.4 Å². The number of rotatable bonds is 5. The molecule has 0 saturated carbocycles. The highest BCUT2D eigenvalue weighted by Gasteiger charge is 2.33. The van der Waals surface area contributed by atoms with Crippen LogP contribution in [0, 0.1) is 5.92 Å². The van der Waals surface area contributed by atoms with E-state index in [9.17, 15) is 9.59 Å². The van der Waals surface area contributed by atoms with Crippen LogP contribution in [0.15, 0.2) is 5.16 Å². The zero-order valence-corrected chi connectivity index (χ0v) is 15.5. The van der Waals surface area contributed by atoms with Crippen LogP contribution in [-0.2, 0) is 9.63 Å². The molecule has 1 rings (SSSR count). The van der Waals surface area contributed by atoms with Gasteiger partial charge in [-0.2, -0.15) is 11.8 Å². The van der Waals surface area contributed by atoms with Crippen LogP contribution in [0.2, 0.25) is 0 Å². The summed E-state index contributed by atoms with van der Waals surface area (Å²) >= 11 is 4.55. The average molecular weight is 351 g/mol. The summed E-state index contributed by atoms with van der Waals surface area (Å²) in [5.74, 6) is 2.89. The molecular weight excluding hydrogens is 328 g/mol. The molecule has 1 amide bonds. The first kappa shape index (κ1) is 18.7. The van der Waals surface area contributed by atoms with Crippen molar-refractivity contribution in [3.05, 3.63) is 0 Å². The van der Waals surface area contributed by atoms with Gasteiger partial charge in [0.05, 0.1) is 4.75 Å². The van der Waals surface area contributed by atoms with Crippen LogP contribution in [0.4, 0.5) is 4.79 Å². The van der Waals surface area contributed by atoms with Crippen LogP contribution in [-0.4, -0.2) is 50.3 Å². The molecule has 1 saturated heterocycles. The molecule has 21 heavy (non-hydrogen) atoms. The smallest absolute Gasteiger partial charge is 0.298 e. The van der Waals surface area contributed by atoms with E-state index in [1.807, 2.05) is 27.7 Å². The molecule has 0 spiro atoms. The van der Waals surface area contributed by atoms with Gasteiger partial charge in [-0.3, -0.25) is 13.9 Å². The molecule has 8 heteroatoms. The molecule has 0 aromatic rings. The Morgan fingerprint density at radius 1 is 1.38 bits per heavy atom. The van der Waals surface area contributed by atoms with Crippen LogP contribution in [0.25, 0.3) is 0 Å². The normalized spacial score (nSPS) is 17.9. The number of Topliss-reactive ketones (excluding diaryl/α,β-unsaturated/α-hetero) is 1. The quantitative estimate of drug-likeness (QED) is 0.430. The molecule has 0 aromatic heterocycles. The zero-order chi connectivity index (χ0) is 16.0. The Balaban J connectivity index is 2.52. The highest BCUT2D eigenvalue weighted by Crippen LogP contribution is 2.31. The molecule has 5 nitrogen and oxygen atoms in total. The SMILES string of the molecule is CC(C)C(=O)C(C)(C)SN(C)C(=O)ON=C1CSCCS1. The summed E-state index contributed by atoms with van der Waals surface area (Å²) in [6.45, 7) is 7.33. The number of hydrogen-bond acceptors (Lipinski definition) is 7. The van der Waals surface area contributed by atoms with Gasteiger partial charge in [0.25, 0.3) is 0 Å². The standard InChI is InChI=1S/C13H22N2O3S3/c1-9(2)11(16)13(3,4)21-15(5)12(17)18-14-10-8-19-6-7-20-10/h9H,6-8H2,1-5H3. The summed E-state index contributed by atoms with van der Waals surface area (Å²) in [7, 11) is 1.59. The van der Waals surface area contributed by atoms with E-state index < -0.39 is 10.8 Å². The van der Waals surface area contributed by atoms with Crippen LogP contribution < -0.4 is 0 Å². The fourth-order valence-corrected chi connectivity index (χ4v) is 4.94. The van der Waals surface area contributed by atoms with Crippen molar-refractivity contribution in [2.75, 3.05) is 24.3 Å². The Labute approximate surface area is 139 Å². The van der Waals surface area contributed by atoms with Gasteiger partial charge in [-0.05, 0) is 25.8 Å². The second kappa shape index (κ2) is 8.33. The number of ketones is 1. The van der Waals surface area contributed by atoms with Crippen LogP contribution in [0.3, 0.4) is 0 Å². The van der Waals surface area contributed by atoms with E-state index >= 15 is 0 Å². The zero-order valence-electron chi connectivity index (χ0n) is 13.0. The molecule has 0 bridgehead atoms. The predicted octanol–water partition coefficient (Wildman–Crippen LogP) is 3.50. The minimum atomic E-state index is -0.676. The van der Waals surface area contributed by atoms with Crippen molar-refractivity contribution < 1.29 is 14.4 Å². The number of nitrogens with zero attached hydrogens (tertiary/aromatic N) is 2. The Bertz CT molecular complexity index is 417. The topological polar surface area (TPSA) is 59.0 Å². The third kappa shape index (κ3) is 6.12. The van der Waals surface area contributed by atoms with E-state index in [1.54, 1.807) is 30.6 Å². The minimum Gasteiger partial charge on any atom is -0.298 e. The number of thioether (sulfide) groups is 2. The maximum absolute atomic E-state index is 12.1. The van der Waals surface area contributed by atoms with Crippen LogP contribution in [0.5, 0.6) is 0 Å². The maximum atomic E-state index is 12.1. The monoisotopic (exact) mass is 350 g/mol. The number of carbonyl (C=O) groups excluding carboxylic acids is 2. The molecule has 1 fully saturated rings. The van der Waals surface area contributed by atoms with Gasteiger partial charge in [0.2, 0.25) is 0 Å². The van der Waals surface area contributed by atoms with E-state index in [0.29, 0.717) is 0 Å². The molecule has 0 N–H and O–H groups in total. The fraction of sp³-hybridized carbons (Fsp3) is 0.769. The number of oxime groups is 1. The number of carbonyl (C=O) groups is 2. The van der Waals surface area contributed by atoms with Gasteiger partial charge in [0, 0.05) is 30.2 Å². The molecule has 120 valence electrons. The van der Waals surface area contributed by atoms with Crippen molar-refractivity contribution >= 4 is 52.4 Å². The summed E-state index contributed by atoms with van der Waals surface area (Å²) in [6.07, 6.45) is -0.562. The van der Waals surface area contributed by atoms with Crippen molar-refractivity contribution in [1.82, 2.24) is 4.31 Å². The Hall–Kier alpha value is -0.340. The van der Waals surface area contributed by atoms with Gasteiger partial charge in [0.15, 0.2) is 5.78 Å². The fourth-order valence-electron chi connectivity index (χ4n) is 1.74. The van der Waals surface area contributed by atoms with Gasteiger partial charge in [-0.15, -0.1) is 11.8 Å². The molecule has 0 unspecified atom stereocenters. The first-order chi connectivity index (χ1) is 9.74. The van der Waals surface area contributed by atoms with E-state index in [-0.39, 0.29) is 11.7 Å². The Morgan fingerprint density at radius 2 is 2.05 bits per heavy atom. The highest BCUT2D eigenvalue weighted by atomic mass is 32.2. The first-order valence-electron chi connectivity index (χ1n) is 6.69. The van der Waals surface area contributed by atoms with Gasteiger partial charge in [-0.1, -0.05) is 19.0 Å². The van der Waals surface area contributed by atoms with Gasteiger partial charge in [-0.25, -0.2) is 4.79 Å². The first-order valence-corrected chi connectivity index (χ1v) is 9.61. The van der Waals surface area contributed by atoms with Gasteiger partial charge in [0.1, 0.15) is 5.04 Å². The highest BCUT2D eigenvalue weighted by molar-refractivity contribution is 8.18. The van der Waals surface area contributed by atoms with Crippen molar-refractivity contribution in [1.29, 1.82) is 0 Å². The van der Waals surface area contributed by atoms with Crippen molar-refractivity contribution in [3.63, 3.8) is 0 Å². The summed E-state index contributed by atoms with van der Waals surface area (Å²) in [5.41, 5.74) is 0.